The van der Waals surface area contributed by atoms with Crippen molar-refractivity contribution in [2.75, 3.05) is 20.8 Å². The van der Waals surface area contributed by atoms with Crippen molar-refractivity contribution in [3.8, 4) is 5.75 Å². The predicted octanol–water partition coefficient (Wildman–Crippen LogP) is 2.29. The monoisotopic (exact) mass is 263 g/mol. The smallest absolute Gasteiger partial charge is 0.333 e. The van der Waals surface area contributed by atoms with Gasteiger partial charge in [0.1, 0.15) is 5.75 Å². The molecule has 0 unspecified atom stereocenters. The fourth-order valence-electron chi connectivity index (χ4n) is 1.66. The Bertz CT molecular complexity index is 424. The van der Waals surface area contributed by atoms with Crippen LogP contribution in [0.1, 0.15) is 18.9 Å². The first kappa shape index (κ1) is 15.2. The lowest BCUT2D eigenvalue weighted by Gasteiger charge is -2.05. The molecule has 0 aliphatic rings. The van der Waals surface area contributed by atoms with Crippen molar-refractivity contribution in [2.45, 2.75) is 19.9 Å². The highest BCUT2D eigenvalue weighted by atomic mass is 16.5. The van der Waals surface area contributed by atoms with Gasteiger partial charge < -0.3 is 14.8 Å². The molecule has 0 atom stereocenters. The Morgan fingerprint density at radius 1 is 1.26 bits per heavy atom. The molecule has 19 heavy (non-hydrogen) atoms. The minimum atomic E-state index is -0.256. The van der Waals surface area contributed by atoms with E-state index in [0.29, 0.717) is 18.5 Å². The van der Waals surface area contributed by atoms with Crippen LogP contribution in [0.15, 0.2) is 35.9 Å². The molecule has 4 nitrogen and oxygen atoms in total. The Morgan fingerprint density at radius 3 is 2.47 bits per heavy atom. The average molecular weight is 263 g/mol. The average Bonchev–Trinajstić information content (AvgIpc) is 2.47. The van der Waals surface area contributed by atoms with Crippen LogP contribution in [0.4, 0.5) is 0 Å². The number of esters is 1. The van der Waals surface area contributed by atoms with Gasteiger partial charge in [0.05, 0.1) is 14.2 Å². The molecular weight excluding hydrogens is 242 g/mol. The Morgan fingerprint density at radius 2 is 1.95 bits per heavy atom. The number of methoxy groups -OCH3 is 2. The van der Waals surface area contributed by atoms with Crippen molar-refractivity contribution in [2.24, 2.45) is 0 Å². The standard InChI is InChI=1S/C15H21NO3/c1-4-13(15(17)19-3)9-10-16-11-12-5-7-14(18-2)8-6-12/h5-9,16H,4,10-11H2,1-3H3/b13-9-. The van der Waals surface area contributed by atoms with Gasteiger partial charge in [-0.25, -0.2) is 4.79 Å². The second-order valence-corrected chi connectivity index (χ2v) is 4.05. The van der Waals surface area contributed by atoms with Gasteiger partial charge in [-0.05, 0) is 24.1 Å². The maximum Gasteiger partial charge on any atom is 0.333 e. The molecule has 4 heteroatoms. The molecule has 0 spiro atoms. The van der Waals surface area contributed by atoms with Gasteiger partial charge in [0.15, 0.2) is 0 Å². The molecule has 1 rings (SSSR count). The van der Waals surface area contributed by atoms with E-state index in [9.17, 15) is 4.79 Å². The first-order valence-corrected chi connectivity index (χ1v) is 6.32. The summed E-state index contributed by atoms with van der Waals surface area (Å²) >= 11 is 0. The topological polar surface area (TPSA) is 47.6 Å². The largest absolute Gasteiger partial charge is 0.497 e. The zero-order chi connectivity index (χ0) is 14.1. The maximum absolute atomic E-state index is 11.3. The number of nitrogens with one attached hydrogen (secondary N) is 1. The van der Waals surface area contributed by atoms with E-state index >= 15 is 0 Å². The van der Waals surface area contributed by atoms with E-state index < -0.39 is 0 Å². The molecular formula is C15H21NO3. The van der Waals surface area contributed by atoms with Crippen LogP contribution in [0.3, 0.4) is 0 Å². The van der Waals surface area contributed by atoms with E-state index in [1.54, 1.807) is 7.11 Å². The van der Waals surface area contributed by atoms with E-state index in [1.807, 2.05) is 37.3 Å². The third-order valence-corrected chi connectivity index (χ3v) is 2.81. The molecule has 0 radical (unpaired) electrons. The molecule has 1 N–H and O–H groups in total. The summed E-state index contributed by atoms with van der Waals surface area (Å²) in [5, 5.41) is 3.26. The Balaban J connectivity index is 2.40. The first-order chi connectivity index (χ1) is 9.21. The van der Waals surface area contributed by atoms with Crippen LogP contribution in [0.2, 0.25) is 0 Å². The molecule has 0 aromatic heterocycles. The number of ether oxygens (including phenoxy) is 2. The minimum absolute atomic E-state index is 0.256. The lowest BCUT2D eigenvalue weighted by Crippen LogP contribution is -2.15. The highest BCUT2D eigenvalue weighted by Crippen LogP contribution is 2.10. The van der Waals surface area contributed by atoms with Crippen molar-refractivity contribution < 1.29 is 14.3 Å². The van der Waals surface area contributed by atoms with Gasteiger partial charge >= 0.3 is 5.97 Å². The quantitative estimate of drug-likeness (QED) is 0.466. The van der Waals surface area contributed by atoms with Crippen LogP contribution >= 0.6 is 0 Å². The molecule has 0 saturated carbocycles. The number of benzene rings is 1. The van der Waals surface area contributed by atoms with Gasteiger partial charge in [0.2, 0.25) is 0 Å². The van der Waals surface area contributed by atoms with Gasteiger partial charge in [-0.2, -0.15) is 0 Å². The van der Waals surface area contributed by atoms with Crippen molar-refractivity contribution in [3.05, 3.63) is 41.5 Å². The summed E-state index contributed by atoms with van der Waals surface area (Å²) in [5.41, 5.74) is 1.87. The molecule has 0 amide bonds. The molecule has 1 aromatic rings. The number of rotatable bonds is 7. The highest BCUT2D eigenvalue weighted by Gasteiger charge is 2.05. The van der Waals surface area contributed by atoms with E-state index in [1.165, 1.54) is 12.7 Å². The van der Waals surface area contributed by atoms with Crippen LogP contribution in [-0.2, 0) is 16.1 Å². The lowest BCUT2D eigenvalue weighted by molar-refractivity contribution is -0.136. The van der Waals surface area contributed by atoms with E-state index in [2.05, 4.69) is 5.32 Å². The third-order valence-electron chi connectivity index (χ3n) is 2.81. The number of hydrogen-bond donors (Lipinski definition) is 1. The molecule has 0 fully saturated rings. The summed E-state index contributed by atoms with van der Waals surface area (Å²) in [4.78, 5) is 11.3. The van der Waals surface area contributed by atoms with Crippen LogP contribution in [0.5, 0.6) is 5.75 Å². The SMILES string of the molecule is CC/C(=C/CNCc1ccc(OC)cc1)C(=O)OC. The zero-order valence-corrected chi connectivity index (χ0v) is 11.7. The van der Waals surface area contributed by atoms with E-state index in [0.717, 1.165) is 12.3 Å². The Hall–Kier alpha value is -1.81. The van der Waals surface area contributed by atoms with Crippen LogP contribution in [-0.4, -0.2) is 26.7 Å². The van der Waals surface area contributed by atoms with E-state index in [4.69, 9.17) is 9.47 Å². The Labute approximate surface area is 114 Å². The van der Waals surface area contributed by atoms with Crippen LogP contribution in [0, 0.1) is 0 Å². The van der Waals surface area contributed by atoms with Crippen molar-refractivity contribution in [1.29, 1.82) is 0 Å². The minimum Gasteiger partial charge on any atom is -0.497 e. The third kappa shape index (κ3) is 5.14. The summed E-state index contributed by atoms with van der Waals surface area (Å²) in [6.45, 7) is 3.33. The highest BCUT2D eigenvalue weighted by molar-refractivity contribution is 5.88. The summed E-state index contributed by atoms with van der Waals surface area (Å²) in [6.07, 6.45) is 2.55. The van der Waals surface area contributed by atoms with Crippen molar-refractivity contribution in [1.82, 2.24) is 5.32 Å². The zero-order valence-electron chi connectivity index (χ0n) is 11.7. The van der Waals surface area contributed by atoms with Crippen LogP contribution < -0.4 is 10.1 Å². The number of carbonyl (C=O) groups excluding carboxylic acids is 1. The second kappa shape index (κ2) is 8.32. The van der Waals surface area contributed by atoms with Gasteiger partial charge in [-0.15, -0.1) is 0 Å². The van der Waals surface area contributed by atoms with E-state index in [-0.39, 0.29) is 5.97 Å². The number of hydrogen-bond acceptors (Lipinski definition) is 4. The first-order valence-electron chi connectivity index (χ1n) is 6.32. The molecule has 0 heterocycles. The summed E-state index contributed by atoms with van der Waals surface area (Å²) in [6, 6.07) is 7.88. The maximum atomic E-state index is 11.3. The van der Waals surface area contributed by atoms with Gasteiger partial charge in [-0.3, -0.25) is 0 Å². The van der Waals surface area contributed by atoms with Crippen LogP contribution in [0.25, 0.3) is 0 Å². The fourth-order valence-corrected chi connectivity index (χ4v) is 1.66. The number of carbonyl (C=O) groups is 1. The van der Waals surface area contributed by atoms with Crippen molar-refractivity contribution in [3.63, 3.8) is 0 Å². The second-order valence-electron chi connectivity index (χ2n) is 4.05. The molecule has 0 bridgehead atoms. The predicted molar refractivity (Wildman–Crippen MR) is 75.1 cm³/mol. The molecule has 0 saturated heterocycles. The Kier molecular flexibility index (Phi) is 6.68. The molecule has 0 aliphatic carbocycles. The van der Waals surface area contributed by atoms with Crippen molar-refractivity contribution >= 4 is 5.97 Å². The fraction of sp³-hybridized carbons (Fsp3) is 0.400. The normalized spacial score (nSPS) is 11.2. The molecule has 104 valence electrons. The van der Waals surface area contributed by atoms with Gasteiger partial charge in [-0.1, -0.05) is 25.1 Å². The lowest BCUT2D eigenvalue weighted by atomic mass is 10.2. The molecule has 1 aromatic carbocycles. The summed E-state index contributed by atoms with van der Waals surface area (Å²) in [7, 11) is 3.05. The molecule has 0 aliphatic heterocycles. The summed E-state index contributed by atoms with van der Waals surface area (Å²) in [5.74, 6) is 0.594. The van der Waals surface area contributed by atoms with Gasteiger partial charge in [0, 0.05) is 18.7 Å². The van der Waals surface area contributed by atoms with Gasteiger partial charge in [0.25, 0.3) is 0 Å². The summed E-state index contributed by atoms with van der Waals surface area (Å²) < 4.78 is 9.79.